The third-order valence-electron chi connectivity index (χ3n) is 6.21. The number of pyridine rings is 2. The van der Waals surface area contributed by atoms with Gasteiger partial charge in [0.2, 0.25) is 16.0 Å². The summed E-state index contributed by atoms with van der Waals surface area (Å²) in [6, 6.07) is 14.0. The summed E-state index contributed by atoms with van der Waals surface area (Å²) in [5, 5.41) is 0. The highest BCUT2D eigenvalue weighted by Crippen LogP contribution is 2.34. The zero-order valence-corrected chi connectivity index (χ0v) is 19.0. The topological polar surface area (TPSA) is 81.0 Å². The maximum absolute atomic E-state index is 14.5. The number of benzene rings is 1. The summed E-state index contributed by atoms with van der Waals surface area (Å²) in [6.45, 7) is 2.77. The van der Waals surface area contributed by atoms with Crippen LogP contribution in [0.15, 0.2) is 65.8 Å². The first-order chi connectivity index (χ1) is 16.0. The summed E-state index contributed by atoms with van der Waals surface area (Å²) in [5.41, 5.74) is 2.73. The van der Waals surface area contributed by atoms with Gasteiger partial charge in [0, 0.05) is 31.5 Å². The van der Waals surface area contributed by atoms with Crippen molar-refractivity contribution in [3.05, 3.63) is 72.4 Å². The van der Waals surface area contributed by atoms with E-state index < -0.39 is 16.0 Å². The highest BCUT2D eigenvalue weighted by Gasteiger charge is 2.32. The van der Waals surface area contributed by atoms with Crippen molar-refractivity contribution < 1.29 is 12.8 Å². The van der Waals surface area contributed by atoms with Gasteiger partial charge in [0.1, 0.15) is 11.3 Å². The predicted molar refractivity (Wildman–Crippen MR) is 124 cm³/mol. The molecule has 1 aromatic carbocycles. The van der Waals surface area contributed by atoms with E-state index in [0.717, 1.165) is 12.0 Å². The number of hydrogen-bond acceptors (Lipinski definition) is 5. The molecule has 5 rings (SSSR count). The molecule has 33 heavy (non-hydrogen) atoms. The molecule has 0 radical (unpaired) electrons. The van der Waals surface area contributed by atoms with Gasteiger partial charge in [-0.2, -0.15) is 8.70 Å². The number of aromatic nitrogens is 4. The number of fused-ring (bicyclic) bond motifs is 1. The van der Waals surface area contributed by atoms with Crippen molar-refractivity contribution in [3.8, 4) is 11.4 Å². The molecule has 0 saturated carbocycles. The number of imidazole rings is 1. The Labute approximate surface area is 192 Å². The summed E-state index contributed by atoms with van der Waals surface area (Å²) in [7, 11) is -3.57. The second-order valence-electron chi connectivity index (χ2n) is 8.13. The van der Waals surface area contributed by atoms with E-state index in [4.69, 9.17) is 0 Å². The Morgan fingerprint density at radius 3 is 2.39 bits per heavy atom. The molecule has 0 bridgehead atoms. The van der Waals surface area contributed by atoms with Crippen LogP contribution in [0.5, 0.6) is 0 Å². The first-order valence-corrected chi connectivity index (χ1v) is 12.5. The number of nitrogens with zero attached hydrogens (tertiary/aromatic N) is 5. The van der Waals surface area contributed by atoms with Gasteiger partial charge in [0.05, 0.1) is 10.5 Å². The van der Waals surface area contributed by atoms with Crippen molar-refractivity contribution in [2.24, 2.45) is 0 Å². The largest absolute Gasteiger partial charge is 0.305 e. The molecule has 3 aromatic heterocycles. The summed E-state index contributed by atoms with van der Waals surface area (Å²) in [5.74, 6) is -0.129. The fourth-order valence-electron chi connectivity index (χ4n) is 4.41. The van der Waals surface area contributed by atoms with E-state index in [-0.39, 0.29) is 6.04 Å². The molecule has 170 valence electrons. The van der Waals surface area contributed by atoms with Gasteiger partial charge >= 0.3 is 0 Å². The Morgan fingerprint density at radius 2 is 1.70 bits per heavy atom. The fraction of sp³-hybridized carbons (Fsp3) is 0.292. The first-order valence-electron chi connectivity index (χ1n) is 11.0. The Hall–Kier alpha value is -3.17. The highest BCUT2D eigenvalue weighted by atomic mass is 32.2. The molecule has 4 aromatic rings. The summed E-state index contributed by atoms with van der Waals surface area (Å²) >= 11 is 0. The van der Waals surface area contributed by atoms with Crippen LogP contribution in [0.25, 0.3) is 22.6 Å². The van der Waals surface area contributed by atoms with E-state index in [1.54, 1.807) is 36.5 Å². The number of aryl methyl sites for hydroxylation is 1. The van der Waals surface area contributed by atoms with Gasteiger partial charge in [-0.3, -0.25) is 0 Å². The molecular formula is C24H24FN5O2S. The zero-order chi connectivity index (χ0) is 23.0. The highest BCUT2D eigenvalue weighted by molar-refractivity contribution is 7.89. The van der Waals surface area contributed by atoms with Crippen LogP contribution < -0.4 is 0 Å². The summed E-state index contributed by atoms with van der Waals surface area (Å²) in [6.07, 6.45) is 5.09. The van der Waals surface area contributed by atoms with Crippen LogP contribution in [-0.2, 0) is 16.4 Å². The summed E-state index contributed by atoms with van der Waals surface area (Å²) < 4.78 is 44.3. The third-order valence-corrected chi connectivity index (χ3v) is 8.12. The lowest BCUT2D eigenvalue weighted by Crippen LogP contribution is -2.39. The predicted octanol–water partition coefficient (Wildman–Crippen LogP) is 4.22. The molecule has 0 spiro atoms. The van der Waals surface area contributed by atoms with Gasteiger partial charge in [-0.1, -0.05) is 19.1 Å². The van der Waals surface area contributed by atoms with Gasteiger partial charge in [-0.05, 0) is 61.2 Å². The minimum Gasteiger partial charge on any atom is -0.305 e. The Balaban J connectivity index is 1.45. The second-order valence-corrected chi connectivity index (χ2v) is 10.1. The average molecular weight is 466 g/mol. The van der Waals surface area contributed by atoms with Gasteiger partial charge < -0.3 is 4.57 Å². The van der Waals surface area contributed by atoms with Gasteiger partial charge in [0.25, 0.3) is 0 Å². The molecule has 1 aliphatic heterocycles. The SMILES string of the molecule is CCc1ccc(S(=O)(=O)N2CCC(n3c(-c4cccnc4F)nc4cccnc43)CC2)cc1. The standard InChI is InChI=1S/C24H24FN5O2S/c1-2-17-7-9-19(10-8-17)33(31,32)29-15-11-18(12-16-29)30-23(20-5-3-13-26-22(20)25)28-21-6-4-14-27-24(21)30/h3-10,13-14,18H,2,11-12,15-16H2,1H3. The molecule has 4 heterocycles. The van der Waals surface area contributed by atoms with E-state index in [2.05, 4.69) is 15.0 Å². The van der Waals surface area contributed by atoms with Gasteiger partial charge in [-0.25, -0.2) is 23.4 Å². The van der Waals surface area contributed by atoms with E-state index in [0.29, 0.717) is 53.4 Å². The average Bonchev–Trinajstić information content (AvgIpc) is 3.24. The van der Waals surface area contributed by atoms with Crippen molar-refractivity contribution in [2.75, 3.05) is 13.1 Å². The Bertz CT molecular complexity index is 1390. The number of sulfonamides is 1. The number of halogens is 1. The number of piperidine rings is 1. The molecule has 1 fully saturated rings. The molecule has 9 heteroatoms. The van der Waals surface area contributed by atoms with E-state index in [9.17, 15) is 12.8 Å². The van der Waals surface area contributed by atoms with Gasteiger partial charge in [0.15, 0.2) is 5.65 Å². The molecule has 0 N–H and O–H groups in total. The molecule has 0 amide bonds. The molecule has 7 nitrogen and oxygen atoms in total. The lowest BCUT2D eigenvalue weighted by atomic mass is 10.1. The van der Waals surface area contributed by atoms with Crippen LogP contribution in [0, 0.1) is 5.95 Å². The van der Waals surface area contributed by atoms with Crippen molar-refractivity contribution >= 4 is 21.2 Å². The third kappa shape index (κ3) is 3.91. The lowest BCUT2D eigenvalue weighted by Gasteiger charge is -2.32. The van der Waals surface area contributed by atoms with E-state index >= 15 is 0 Å². The van der Waals surface area contributed by atoms with Gasteiger partial charge in [-0.15, -0.1) is 0 Å². The number of rotatable bonds is 5. The Kier molecular flexibility index (Phi) is 5.67. The normalized spacial score (nSPS) is 15.8. The van der Waals surface area contributed by atoms with Crippen LogP contribution in [0.1, 0.15) is 31.4 Å². The minimum absolute atomic E-state index is 0.0616. The van der Waals surface area contributed by atoms with E-state index in [1.165, 1.54) is 10.5 Å². The number of hydrogen-bond donors (Lipinski definition) is 0. The minimum atomic E-state index is -3.57. The smallest absolute Gasteiger partial charge is 0.243 e. The van der Waals surface area contributed by atoms with Crippen LogP contribution in [0.3, 0.4) is 0 Å². The van der Waals surface area contributed by atoms with Crippen LogP contribution in [0.2, 0.25) is 0 Å². The molecule has 0 atom stereocenters. The van der Waals surface area contributed by atoms with Crippen molar-refractivity contribution in [1.82, 2.24) is 23.8 Å². The van der Waals surface area contributed by atoms with Crippen LogP contribution >= 0.6 is 0 Å². The van der Waals surface area contributed by atoms with Crippen molar-refractivity contribution in [2.45, 2.75) is 37.1 Å². The molecule has 0 unspecified atom stereocenters. The maximum atomic E-state index is 14.5. The molecule has 0 aliphatic carbocycles. The zero-order valence-electron chi connectivity index (χ0n) is 18.2. The fourth-order valence-corrected chi connectivity index (χ4v) is 5.87. The molecular weight excluding hydrogens is 441 g/mol. The first kappa shape index (κ1) is 21.7. The van der Waals surface area contributed by atoms with Crippen LogP contribution in [0.4, 0.5) is 4.39 Å². The summed E-state index contributed by atoms with van der Waals surface area (Å²) in [4.78, 5) is 13.2. The molecule has 1 aliphatic rings. The van der Waals surface area contributed by atoms with Crippen molar-refractivity contribution in [3.63, 3.8) is 0 Å². The van der Waals surface area contributed by atoms with Crippen LogP contribution in [-0.4, -0.2) is 45.3 Å². The molecule has 1 saturated heterocycles. The maximum Gasteiger partial charge on any atom is 0.243 e. The van der Waals surface area contributed by atoms with E-state index in [1.807, 2.05) is 29.7 Å². The van der Waals surface area contributed by atoms with Crippen molar-refractivity contribution in [1.29, 1.82) is 0 Å². The lowest BCUT2D eigenvalue weighted by molar-refractivity contribution is 0.278. The second kappa shape index (κ2) is 8.64. The quantitative estimate of drug-likeness (QED) is 0.412. The Morgan fingerprint density at radius 1 is 1.00 bits per heavy atom. The monoisotopic (exact) mass is 465 g/mol.